The summed E-state index contributed by atoms with van der Waals surface area (Å²) in [4.78, 5) is 12.8. The SMILES string of the molecule is O=C(Nc1cc(F)c(F)c(F)c1)c1ccc(Cl)c(S(=O)(=O)C2=C3CCC2C[C@@]2(CO2)C3)c1. The first-order valence-electron chi connectivity index (χ1n) is 9.96. The number of benzene rings is 2. The van der Waals surface area contributed by atoms with Crippen LogP contribution in [0.1, 0.15) is 36.0 Å². The summed E-state index contributed by atoms with van der Waals surface area (Å²) in [5.41, 5.74) is 0.243. The van der Waals surface area contributed by atoms with Crippen LogP contribution < -0.4 is 5.32 Å². The van der Waals surface area contributed by atoms with Crippen molar-refractivity contribution in [2.45, 2.75) is 36.2 Å². The van der Waals surface area contributed by atoms with Crippen molar-refractivity contribution in [2.24, 2.45) is 5.92 Å². The molecule has 10 heteroatoms. The second-order valence-corrected chi connectivity index (χ2v) is 10.7. The van der Waals surface area contributed by atoms with Gasteiger partial charge in [0.1, 0.15) is 0 Å². The molecule has 1 spiro atoms. The fraction of sp³-hybridized carbons (Fsp3) is 0.318. The van der Waals surface area contributed by atoms with Crippen molar-refractivity contribution in [3.63, 3.8) is 0 Å². The average Bonchev–Trinajstić information content (AvgIpc) is 3.40. The number of hydrogen-bond donors (Lipinski definition) is 1. The Bertz CT molecular complexity index is 1280. The van der Waals surface area contributed by atoms with E-state index in [9.17, 15) is 26.4 Å². The van der Waals surface area contributed by atoms with Crippen LogP contribution in [0.4, 0.5) is 18.9 Å². The van der Waals surface area contributed by atoms with Gasteiger partial charge in [-0.1, -0.05) is 17.2 Å². The van der Waals surface area contributed by atoms with Crippen LogP contribution in [0.3, 0.4) is 0 Å². The van der Waals surface area contributed by atoms with E-state index in [2.05, 4.69) is 5.32 Å². The second kappa shape index (κ2) is 7.33. The molecule has 2 aromatic rings. The maximum Gasteiger partial charge on any atom is 0.255 e. The second-order valence-electron chi connectivity index (χ2n) is 8.41. The van der Waals surface area contributed by atoms with E-state index in [0.29, 0.717) is 42.9 Å². The number of carbonyl (C=O) groups is 1. The summed E-state index contributed by atoms with van der Waals surface area (Å²) >= 11 is 6.21. The average molecular weight is 484 g/mol. The Kier molecular flexibility index (Phi) is 4.92. The lowest BCUT2D eigenvalue weighted by atomic mass is 9.87. The monoisotopic (exact) mass is 483 g/mol. The first-order valence-corrected chi connectivity index (χ1v) is 11.8. The molecule has 1 aliphatic heterocycles. The molecule has 2 bridgehead atoms. The standard InChI is InChI=1S/C22H17ClF3NO4S/c23-15-4-3-11(21(28)27-14-6-16(24)19(26)17(25)7-14)5-18(15)32(29,30)20-12-1-2-13(20)9-22(8-12)10-31-22/h3-7,12H,1-2,8-10H2,(H,27,28)/t12?,22-/m0/s1. The molecule has 32 heavy (non-hydrogen) atoms. The summed E-state index contributed by atoms with van der Waals surface area (Å²) in [7, 11) is -3.96. The van der Waals surface area contributed by atoms with Gasteiger partial charge in [0.15, 0.2) is 17.5 Å². The van der Waals surface area contributed by atoms with Crippen LogP contribution in [0.2, 0.25) is 5.02 Å². The number of epoxide rings is 1. The molecule has 3 aliphatic rings. The number of rotatable bonds is 4. The predicted octanol–water partition coefficient (Wildman–Crippen LogP) is 5.01. The number of nitrogens with one attached hydrogen (secondary N) is 1. The third kappa shape index (κ3) is 3.52. The predicted molar refractivity (Wildman–Crippen MR) is 111 cm³/mol. The molecule has 1 N–H and O–H groups in total. The highest BCUT2D eigenvalue weighted by atomic mass is 35.5. The Balaban J connectivity index is 1.47. The Hall–Kier alpha value is -2.36. The highest BCUT2D eigenvalue weighted by Gasteiger charge is 2.54. The summed E-state index contributed by atoms with van der Waals surface area (Å²) in [5, 5.41) is 2.21. The minimum Gasteiger partial charge on any atom is -0.369 e. The van der Waals surface area contributed by atoms with E-state index < -0.39 is 33.2 Å². The van der Waals surface area contributed by atoms with Crippen molar-refractivity contribution in [2.75, 3.05) is 11.9 Å². The molecule has 1 unspecified atom stereocenters. The molecular weight excluding hydrogens is 467 g/mol. The Morgan fingerprint density at radius 2 is 1.84 bits per heavy atom. The zero-order valence-corrected chi connectivity index (χ0v) is 18.1. The van der Waals surface area contributed by atoms with Gasteiger partial charge in [-0.3, -0.25) is 4.79 Å². The van der Waals surface area contributed by atoms with Crippen molar-refractivity contribution < 1.29 is 31.1 Å². The van der Waals surface area contributed by atoms with Crippen LogP contribution >= 0.6 is 11.6 Å². The highest BCUT2D eigenvalue weighted by molar-refractivity contribution is 7.95. The van der Waals surface area contributed by atoms with Crippen molar-refractivity contribution in [1.82, 2.24) is 0 Å². The van der Waals surface area contributed by atoms with Crippen LogP contribution in [0.5, 0.6) is 0 Å². The Morgan fingerprint density at radius 3 is 2.47 bits per heavy atom. The summed E-state index contributed by atoms with van der Waals surface area (Å²) in [6.45, 7) is 0.640. The molecule has 1 amide bonds. The van der Waals surface area contributed by atoms with Gasteiger partial charge in [-0.15, -0.1) is 0 Å². The number of anilines is 1. The van der Waals surface area contributed by atoms with Crippen molar-refractivity contribution in [3.05, 3.63) is 68.8 Å². The largest absolute Gasteiger partial charge is 0.369 e. The van der Waals surface area contributed by atoms with Crippen molar-refractivity contribution >= 4 is 33.0 Å². The fourth-order valence-electron chi connectivity index (χ4n) is 4.70. The van der Waals surface area contributed by atoms with E-state index >= 15 is 0 Å². The zero-order chi connectivity index (χ0) is 22.8. The molecule has 1 saturated heterocycles. The highest BCUT2D eigenvalue weighted by Crippen LogP contribution is 2.55. The minimum absolute atomic E-state index is 0.0316. The Labute approximate surface area is 187 Å². The number of allylic oxidation sites excluding steroid dienone is 1. The van der Waals surface area contributed by atoms with Gasteiger partial charge < -0.3 is 10.1 Å². The van der Waals surface area contributed by atoms with Gasteiger partial charge in [-0.25, -0.2) is 21.6 Å². The van der Waals surface area contributed by atoms with Crippen LogP contribution in [-0.4, -0.2) is 26.5 Å². The molecular formula is C22H17ClF3NO4S. The summed E-state index contributed by atoms with van der Waals surface area (Å²) in [6, 6.07) is 5.00. The quantitative estimate of drug-likeness (QED) is 0.490. The van der Waals surface area contributed by atoms with Gasteiger partial charge in [-0.05, 0) is 43.4 Å². The van der Waals surface area contributed by atoms with Gasteiger partial charge >= 0.3 is 0 Å². The molecule has 1 fully saturated rings. The normalized spacial score (nSPS) is 24.2. The number of fused-ring (bicyclic) bond motifs is 1. The third-order valence-corrected chi connectivity index (χ3v) is 8.79. The van der Waals surface area contributed by atoms with E-state index in [1.54, 1.807) is 0 Å². The summed E-state index contributed by atoms with van der Waals surface area (Å²) in [6.07, 6.45) is 2.64. The van der Waals surface area contributed by atoms with Crippen LogP contribution in [0.25, 0.3) is 0 Å². The smallest absolute Gasteiger partial charge is 0.255 e. The van der Waals surface area contributed by atoms with Gasteiger partial charge in [-0.2, -0.15) is 0 Å². The van der Waals surface area contributed by atoms with Crippen molar-refractivity contribution in [1.29, 1.82) is 0 Å². The summed E-state index contributed by atoms with van der Waals surface area (Å²) in [5.74, 6) is -5.54. The number of amides is 1. The molecule has 2 aliphatic carbocycles. The first kappa shape index (κ1) is 21.5. The molecule has 0 radical (unpaired) electrons. The molecule has 2 atom stereocenters. The van der Waals surface area contributed by atoms with E-state index in [4.69, 9.17) is 16.3 Å². The van der Waals surface area contributed by atoms with Gasteiger partial charge in [0.05, 0.1) is 27.0 Å². The first-order chi connectivity index (χ1) is 15.1. The van der Waals surface area contributed by atoms with Crippen LogP contribution in [0, 0.1) is 23.4 Å². The number of sulfone groups is 1. The Morgan fingerprint density at radius 1 is 1.16 bits per heavy atom. The third-order valence-electron chi connectivity index (χ3n) is 6.23. The van der Waals surface area contributed by atoms with E-state index in [1.807, 2.05) is 0 Å². The van der Waals surface area contributed by atoms with E-state index in [1.165, 1.54) is 12.1 Å². The lowest BCUT2D eigenvalue weighted by Gasteiger charge is -2.25. The molecule has 5 rings (SSSR count). The molecule has 1 heterocycles. The number of carbonyl (C=O) groups excluding carboxylic acids is 1. The van der Waals surface area contributed by atoms with Gasteiger partial charge in [0, 0.05) is 29.8 Å². The maximum absolute atomic E-state index is 13.5. The molecule has 5 nitrogen and oxygen atoms in total. The lowest BCUT2D eigenvalue weighted by molar-refractivity contribution is 0.102. The number of halogens is 4. The van der Waals surface area contributed by atoms with Gasteiger partial charge in [0.2, 0.25) is 9.84 Å². The fourth-order valence-corrected chi connectivity index (χ4v) is 7.16. The van der Waals surface area contributed by atoms with Gasteiger partial charge in [0.25, 0.3) is 5.91 Å². The van der Waals surface area contributed by atoms with E-state index in [-0.39, 0.29) is 32.7 Å². The van der Waals surface area contributed by atoms with Crippen LogP contribution in [-0.2, 0) is 14.6 Å². The number of hydrogen-bond acceptors (Lipinski definition) is 4. The molecule has 0 aromatic heterocycles. The van der Waals surface area contributed by atoms with Crippen molar-refractivity contribution in [3.8, 4) is 0 Å². The molecule has 0 saturated carbocycles. The summed E-state index contributed by atoms with van der Waals surface area (Å²) < 4.78 is 72.6. The maximum atomic E-state index is 13.5. The minimum atomic E-state index is -3.96. The lowest BCUT2D eigenvalue weighted by Crippen LogP contribution is -2.25. The molecule has 2 aromatic carbocycles. The zero-order valence-electron chi connectivity index (χ0n) is 16.6. The van der Waals surface area contributed by atoms with E-state index in [0.717, 1.165) is 18.1 Å². The number of ether oxygens (including phenoxy) is 1. The topological polar surface area (TPSA) is 75.8 Å². The molecule has 168 valence electrons. The van der Waals surface area contributed by atoms with Crippen LogP contribution in [0.15, 0.2) is 45.7 Å².